The third-order valence-corrected chi connectivity index (χ3v) is 8.43. The minimum atomic E-state index is -0.428. The maximum absolute atomic E-state index is 13.5. The minimum Gasteiger partial charge on any atom is -0.465 e. The number of ether oxygens (including phenoxy) is 2. The van der Waals surface area contributed by atoms with Gasteiger partial charge in [-0.1, -0.05) is 15.9 Å². The zero-order valence-corrected chi connectivity index (χ0v) is 19.0. The molecular weight excluding hydrogens is 448 g/mol. The number of nitrogens with one attached hydrogen (secondary N) is 1. The number of benzene rings is 1. The van der Waals surface area contributed by atoms with Crippen molar-refractivity contribution < 1.29 is 19.1 Å². The maximum Gasteiger partial charge on any atom is 0.340 e. The van der Waals surface area contributed by atoms with E-state index in [1.807, 2.05) is 18.2 Å². The second-order valence-corrected chi connectivity index (χ2v) is 11.3. The molecule has 30 heavy (non-hydrogen) atoms. The molecule has 5 fully saturated rings. The average molecular weight is 477 g/mol. The van der Waals surface area contributed by atoms with Crippen LogP contribution in [0.25, 0.3) is 0 Å². The largest absolute Gasteiger partial charge is 0.465 e. The second kappa shape index (κ2) is 7.52. The van der Waals surface area contributed by atoms with Crippen LogP contribution in [-0.4, -0.2) is 49.6 Å². The fourth-order valence-corrected chi connectivity index (χ4v) is 8.06. The minimum absolute atomic E-state index is 0.0599. The van der Waals surface area contributed by atoms with Crippen molar-refractivity contribution in [3.8, 4) is 0 Å². The van der Waals surface area contributed by atoms with Gasteiger partial charge in [-0.05, 0) is 68.6 Å². The Balaban J connectivity index is 1.41. The van der Waals surface area contributed by atoms with Gasteiger partial charge in [-0.3, -0.25) is 4.79 Å². The van der Waals surface area contributed by atoms with Crippen LogP contribution in [0.1, 0.15) is 48.9 Å². The Bertz CT molecular complexity index is 853. The monoisotopic (exact) mass is 476 g/mol. The summed E-state index contributed by atoms with van der Waals surface area (Å²) in [5, 5.41) is 3.13. The molecule has 6 nitrogen and oxygen atoms in total. The number of halogens is 1. The highest BCUT2D eigenvalue weighted by molar-refractivity contribution is 9.10. The molecule has 1 aromatic carbocycles. The summed E-state index contributed by atoms with van der Waals surface area (Å²) in [6, 6.07) is 5.65. The number of morpholine rings is 1. The van der Waals surface area contributed by atoms with Crippen LogP contribution in [-0.2, 0) is 14.3 Å². The van der Waals surface area contributed by atoms with E-state index in [1.54, 1.807) is 0 Å². The zero-order chi connectivity index (χ0) is 20.9. The molecule has 1 saturated heterocycles. The number of methoxy groups -OCH3 is 1. The molecule has 1 aromatic rings. The van der Waals surface area contributed by atoms with Crippen LogP contribution in [0.15, 0.2) is 18.2 Å². The van der Waals surface area contributed by atoms with Gasteiger partial charge in [0.25, 0.3) is 0 Å². The standard InChI is InChI=1S/C23H29BrN2O4/c1-29-20(27)18-9-17(26-4-6-30-7-5-26)2-3-19(18)25-21(28)22-10-15-8-16(11-22)13-23(24,12-15)14-22/h2-3,9,15-16H,4-8,10-14H2,1H3,(H,25,28). The average Bonchev–Trinajstić information content (AvgIpc) is 2.72. The summed E-state index contributed by atoms with van der Waals surface area (Å²) in [5.41, 5.74) is 1.58. The highest BCUT2D eigenvalue weighted by Gasteiger charge is 2.59. The maximum atomic E-state index is 13.5. The molecule has 5 aliphatic rings. The Morgan fingerprint density at radius 3 is 2.50 bits per heavy atom. The van der Waals surface area contributed by atoms with Gasteiger partial charge in [0.05, 0.1) is 37.0 Å². The lowest BCUT2D eigenvalue weighted by molar-refractivity contribution is -0.138. The van der Waals surface area contributed by atoms with Crippen molar-refractivity contribution in [1.82, 2.24) is 0 Å². The summed E-state index contributed by atoms with van der Waals surface area (Å²) in [6.45, 7) is 2.91. The van der Waals surface area contributed by atoms with E-state index in [-0.39, 0.29) is 15.6 Å². The Kier molecular flexibility index (Phi) is 5.09. The van der Waals surface area contributed by atoms with Gasteiger partial charge in [0.15, 0.2) is 0 Å². The number of rotatable bonds is 4. The van der Waals surface area contributed by atoms with Gasteiger partial charge in [-0.25, -0.2) is 4.79 Å². The molecule has 6 rings (SSSR count). The van der Waals surface area contributed by atoms with Crippen molar-refractivity contribution in [2.45, 2.75) is 42.8 Å². The summed E-state index contributed by atoms with van der Waals surface area (Å²) in [5.74, 6) is 0.882. The van der Waals surface area contributed by atoms with Crippen LogP contribution in [0.5, 0.6) is 0 Å². The van der Waals surface area contributed by atoms with Gasteiger partial charge in [0.1, 0.15) is 0 Å². The van der Waals surface area contributed by atoms with Crippen molar-refractivity contribution in [2.24, 2.45) is 17.3 Å². The Labute approximate surface area is 185 Å². The van der Waals surface area contributed by atoms with Gasteiger partial charge >= 0.3 is 5.97 Å². The Hall–Kier alpha value is -1.60. The second-order valence-electron chi connectivity index (χ2n) is 9.67. The van der Waals surface area contributed by atoms with Gasteiger partial charge < -0.3 is 19.7 Å². The third-order valence-electron chi connectivity index (χ3n) is 7.50. The SMILES string of the molecule is COC(=O)c1cc(N2CCOCC2)ccc1NC(=O)C12CC3CC(CC(Br)(C3)C1)C2. The third kappa shape index (κ3) is 3.54. The molecule has 2 unspecified atom stereocenters. The topological polar surface area (TPSA) is 67.9 Å². The van der Waals surface area contributed by atoms with Gasteiger partial charge in [-0.2, -0.15) is 0 Å². The summed E-state index contributed by atoms with van der Waals surface area (Å²) in [4.78, 5) is 28.3. The highest BCUT2D eigenvalue weighted by atomic mass is 79.9. The molecule has 4 bridgehead atoms. The van der Waals surface area contributed by atoms with Gasteiger partial charge in [0.2, 0.25) is 5.91 Å². The molecule has 7 heteroatoms. The quantitative estimate of drug-likeness (QED) is 0.525. The summed E-state index contributed by atoms with van der Waals surface area (Å²) in [6.07, 6.45) is 6.42. The normalized spacial score (nSPS) is 34.7. The Morgan fingerprint density at radius 2 is 1.87 bits per heavy atom. The lowest BCUT2D eigenvalue weighted by atomic mass is 9.49. The number of nitrogens with zero attached hydrogens (tertiary/aromatic N) is 1. The molecule has 1 aliphatic heterocycles. The molecule has 1 amide bonds. The van der Waals surface area contributed by atoms with Crippen molar-refractivity contribution in [1.29, 1.82) is 0 Å². The molecule has 0 aromatic heterocycles. The number of carbonyl (C=O) groups is 2. The van der Waals surface area contributed by atoms with Crippen LogP contribution in [0, 0.1) is 17.3 Å². The first kappa shape index (κ1) is 20.3. The molecule has 1 N–H and O–H groups in total. The molecule has 4 saturated carbocycles. The van der Waals surface area contributed by atoms with Crippen molar-refractivity contribution in [2.75, 3.05) is 43.6 Å². The van der Waals surface area contributed by atoms with Crippen molar-refractivity contribution in [3.63, 3.8) is 0 Å². The van der Waals surface area contributed by atoms with E-state index in [0.717, 1.165) is 38.0 Å². The molecule has 0 radical (unpaired) electrons. The van der Waals surface area contributed by atoms with Gasteiger partial charge in [-0.15, -0.1) is 0 Å². The van der Waals surface area contributed by atoms with E-state index in [2.05, 4.69) is 26.1 Å². The van der Waals surface area contributed by atoms with E-state index in [9.17, 15) is 9.59 Å². The first-order valence-corrected chi connectivity index (χ1v) is 11.7. The van der Waals surface area contributed by atoms with E-state index >= 15 is 0 Å². The van der Waals surface area contributed by atoms with Crippen LogP contribution >= 0.6 is 15.9 Å². The summed E-state index contributed by atoms with van der Waals surface area (Å²) < 4.78 is 10.6. The first-order chi connectivity index (χ1) is 14.4. The number of carbonyl (C=O) groups excluding carboxylic acids is 2. The fourth-order valence-electron chi connectivity index (χ4n) is 6.61. The molecule has 4 aliphatic carbocycles. The first-order valence-electron chi connectivity index (χ1n) is 11.0. The number of anilines is 2. The van der Waals surface area contributed by atoms with Crippen LogP contribution in [0.2, 0.25) is 0 Å². The number of alkyl halides is 1. The van der Waals surface area contributed by atoms with E-state index in [0.29, 0.717) is 36.3 Å². The molecule has 0 spiro atoms. The lowest BCUT2D eigenvalue weighted by Crippen LogP contribution is -2.57. The number of hydrogen-bond donors (Lipinski definition) is 1. The van der Waals surface area contributed by atoms with Gasteiger partial charge in [0, 0.05) is 23.1 Å². The molecular formula is C23H29BrN2O4. The van der Waals surface area contributed by atoms with E-state index < -0.39 is 5.97 Å². The fraction of sp³-hybridized carbons (Fsp3) is 0.652. The van der Waals surface area contributed by atoms with Crippen molar-refractivity contribution in [3.05, 3.63) is 23.8 Å². The summed E-state index contributed by atoms with van der Waals surface area (Å²) >= 11 is 3.98. The smallest absolute Gasteiger partial charge is 0.340 e. The molecule has 1 heterocycles. The summed E-state index contributed by atoms with van der Waals surface area (Å²) in [7, 11) is 1.38. The van der Waals surface area contributed by atoms with E-state index in [4.69, 9.17) is 9.47 Å². The number of amides is 1. The number of hydrogen-bond acceptors (Lipinski definition) is 5. The van der Waals surface area contributed by atoms with Crippen LogP contribution < -0.4 is 10.2 Å². The van der Waals surface area contributed by atoms with Crippen LogP contribution in [0.3, 0.4) is 0 Å². The predicted molar refractivity (Wildman–Crippen MR) is 118 cm³/mol. The van der Waals surface area contributed by atoms with Crippen LogP contribution in [0.4, 0.5) is 11.4 Å². The lowest BCUT2D eigenvalue weighted by Gasteiger charge is -2.59. The predicted octanol–water partition coefficient (Wildman–Crippen LogP) is 3.98. The number of esters is 1. The molecule has 162 valence electrons. The van der Waals surface area contributed by atoms with E-state index in [1.165, 1.54) is 26.4 Å². The zero-order valence-electron chi connectivity index (χ0n) is 17.4. The highest BCUT2D eigenvalue weighted by Crippen LogP contribution is 2.64. The van der Waals surface area contributed by atoms with Crippen molar-refractivity contribution >= 4 is 39.2 Å². The molecule has 2 atom stereocenters. The Morgan fingerprint density at radius 1 is 1.17 bits per heavy atom.